The van der Waals surface area contributed by atoms with Crippen LogP contribution in [0, 0.1) is 5.92 Å². The monoisotopic (exact) mass is 313 g/mol. The molecule has 1 N–H and O–H groups in total. The third kappa shape index (κ3) is 2.36. The molecule has 2 fully saturated rings. The van der Waals surface area contributed by atoms with E-state index in [1.165, 1.54) is 21.4 Å². The van der Waals surface area contributed by atoms with Gasteiger partial charge in [0.25, 0.3) is 0 Å². The van der Waals surface area contributed by atoms with Crippen molar-refractivity contribution in [2.45, 2.75) is 49.1 Å². The normalized spacial score (nSPS) is 30.2. The number of aromatic nitrogens is 2. The van der Waals surface area contributed by atoms with E-state index >= 15 is 0 Å². The lowest BCUT2D eigenvalue weighted by molar-refractivity contribution is -0.141. The van der Waals surface area contributed by atoms with Gasteiger partial charge in [0.15, 0.2) is 0 Å². The van der Waals surface area contributed by atoms with Crippen molar-refractivity contribution in [1.29, 1.82) is 0 Å². The van der Waals surface area contributed by atoms with Gasteiger partial charge < -0.3 is 5.11 Å². The van der Waals surface area contributed by atoms with Crippen LogP contribution in [-0.4, -0.2) is 45.7 Å². The molecule has 1 aliphatic carbocycles. The van der Waals surface area contributed by atoms with Gasteiger partial charge in [0.05, 0.1) is 6.20 Å². The van der Waals surface area contributed by atoms with Gasteiger partial charge in [0.2, 0.25) is 10.0 Å². The molecule has 1 aromatic heterocycles. The van der Waals surface area contributed by atoms with E-state index in [0.29, 0.717) is 6.42 Å². The molecule has 1 saturated carbocycles. The van der Waals surface area contributed by atoms with Crippen LogP contribution in [0.5, 0.6) is 0 Å². The molecule has 1 aromatic rings. The molecule has 0 spiro atoms. The first kappa shape index (κ1) is 14.5. The standard InChI is InChI=1S/C13H19N3O4S/c1-15-8-10(7-14-15)21(19,20)16-11-5-3-2-4-9(11)6-12(16)13(17)18/h7-9,11-12H,2-6H2,1H3,(H,17,18)/t9-,11+,12-/m0/s1. The van der Waals surface area contributed by atoms with Gasteiger partial charge in [-0.2, -0.15) is 9.40 Å². The predicted molar refractivity (Wildman–Crippen MR) is 74.0 cm³/mol. The fourth-order valence-corrected chi connectivity index (χ4v) is 5.48. The minimum absolute atomic E-state index is 0.0717. The molecule has 0 amide bonds. The molecule has 0 unspecified atom stereocenters. The van der Waals surface area contributed by atoms with Crippen molar-refractivity contribution in [3.63, 3.8) is 0 Å². The second-order valence-corrected chi connectivity index (χ2v) is 7.73. The van der Waals surface area contributed by atoms with Crippen LogP contribution in [0.15, 0.2) is 17.3 Å². The van der Waals surface area contributed by atoms with Gasteiger partial charge in [-0.3, -0.25) is 9.48 Å². The SMILES string of the molecule is Cn1cc(S(=O)(=O)N2[C@@H]3CCCC[C@H]3C[C@H]2C(=O)O)cn1. The molecule has 2 aliphatic rings. The molecular weight excluding hydrogens is 294 g/mol. The zero-order chi connectivity index (χ0) is 15.2. The number of carbonyl (C=O) groups is 1. The Bertz CT molecular complexity index is 654. The van der Waals surface area contributed by atoms with Crippen molar-refractivity contribution in [2.75, 3.05) is 0 Å². The van der Waals surface area contributed by atoms with E-state index in [4.69, 9.17) is 0 Å². The molecule has 7 nitrogen and oxygen atoms in total. The average Bonchev–Trinajstić information content (AvgIpc) is 3.02. The molecule has 1 aliphatic heterocycles. The van der Waals surface area contributed by atoms with Gasteiger partial charge in [0, 0.05) is 19.3 Å². The molecule has 1 saturated heterocycles. The number of carboxylic acids is 1. The fourth-order valence-electron chi connectivity index (χ4n) is 3.63. The maximum atomic E-state index is 12.8. The summed E-state index contributed by atoms with van der Waals surface area (Å²) in [5.74, 6) is -0.900. The summed E-state index contributed by atoms with van der Waals surface area (Å²) in [5.41, 5.74) is 0. The summed E-state index contributed by atoms with van der Waals surface area (Å²) >= 11 is 0. The Morgan fingerprint density at radius 2 is 2.10 bits per heavy atom. The van der Waals surface area contributed by atoms with Crippen LogP contribution in [0.2, 0.25) is 0 Å². The fraction of sp³-hybridized carbons (Fsp3) is 0.692. The number of hydrogen-bond acceptors (Lipinski definition) is 4. The molecule has 0 radical (unpaired) electrons. The summed E-state index contributed by atoms with van der Waals surface area (Å²) < 4.78 is 28.3. The van der Waals surface area contributed by atoms with Crippen molar-refractivity contribution in [2.24, 2.45) is 13.0 Å². The van der Waals surface area contributed by atoms with Crippen molar-refractivity contribution in [3.05, 3.63) is 12.4 Å². The molecular formula is C13H19N3O4S. The summed E-state index contributed by atoms with van der Waals surface area (Å²) in [5, 5.41) is 13.3. The van der Waals surface area contributed by atoms with Gasteiger partial charge in [-0.15, -0.1) is 0 Å². The first-order chi connectivity index (χ1) is 9.91. The van der Waals surface area contributed by atoms with E-state index in [2.05, 4.69) is 5.10 Å². The largest absolute Gasteiger partial charge is 0.480 e. The quantitative estimate of drug-likeness (QED) is 0.892. The summed E-state index contributed by atoms with van der Waals surface area (Å²) in [7, 11) is -2.17. The summed E-state index contributed by atoms with van der Waals surface area (Å²) in [6, 6.07) is -1.15. The van der Waals surface area contributed by atoms with Crippen molar-refractivity contribution < 1.29 is 18.3 Å². The van der Waals surface area contributed by atoms with Crippen LogP contribution >= 0.6 is 0 Å². The van der Waals surface area contributed by atoms with E-state index in [-0.39, 0.29) is 16.9 Å². The highest BCUT2D eigenvalue weighted by atomic mass is 32.2. The van der Waals surface area contributed by atoms with Crippen LogP contribution in [0.4, 0.5) is 0 Å². The average molecular weight is 313 g/mol. The van der Waals surface area contributed by atoms with E-state index in [1.807, 2.05) is 0 Å². The van der Waals surface area contributed by atoms with Gasteiger partial charge in [0.1, 0.15) is 10.9 Å². The van der Waals surface area contributed by atoms with E-state index in [1.54, 1.807) is 7.05 Å². The highest BCUT2D eigenvalue weighted by Gasteiger charge is 2.51. The lowest BCUT2D eigenvalue weighted by atomic mass is 9.85. The Labute approximate surface area is 123 Å². The number of fused-ring (bicyclic) bond motifs is 1. The van der Waals surface area contributed by atoms with Gasteiger partial charge in [-0.1, -0.05) is 12.8 Å². The van der Waals surface area contributed by atoms with Gasteiger partial charge in [-0.05, 0) is 25.2 Å². The molecule has 116 valence electrons. The smallest absolute Gasteiger partial charge is 0.322 e. The minimum Gasteiger partial charge on any atom is -0.480 e. The lowest BCUT2D eigenvalue weighted by Gasteiger charge is -2.31. The minimum atomic E-state index is -3.81. The molecule has 0 bridgehead atoms. The number of aliphatic carboxylic acids is 1. The van der Waals surface area contributed by atoms with Crippen LogP contribution in [0.3, 0.4) is 0 Å². The maximum absolute atomic E-state index is 12.8. The van der Waals surface area contributed by atoms with E-state index in [9.17, 15) is 18.3 Å². The van der Waals surface area contributed by atoms with Crippen molar-refractivity contribution in [1.82, 2.24) is 14.1 Å². The molecule has 8 heteroatoms. The Morgan fingerprint density at radius 1 is 1.38 bits per heavy atom. The molecule has 3 atom stereocenters. The van der Waals surface area contributed by atoms with Crippen LogP contribution in [0.25, 0.3) is 0 Å². The summed E-state index contributed by atoms with van der Waals surface area (Å²) in [4.78, 5) is 11.6. The van der Waals surface area contributed by atoms with E-state index < -0.39 is 22.0 Å². The second kappa shape index (κ2) is 5.10. The molecule has 3 rings (SSSR count). The second-order valence-electron chi connectivity index (χ2n) is 5.89. The zero-order valence-corrected chi connectivity index (χ0v) is 12.7. The summed E-state index contributed by atoms with van der Waals surface area (Å²) in [6.45, 7) is 0. The zero-order valence-electron chi connectivity index (χ0n) is 11.8. The van der Waals surface area contributed by atoms with Crippen molar-refractivity contribution in [3.8, 4) is 0 Å². The number of hydrogen-bond donors (Lipinski definition) is 1. The van der Waals surface area contributed by atoms with E-state index in [0.717, 1.165) is 25.7 Å². The Hall–Kier alpha value is -1.41. The predicted octanol–water partition coefficient (Wildman–Crippen LogP) is 0.827. The molecule has 21 heavy (non-hydrogen) atoms. The first-order valence-corrected chi connectivity index (χ1v) is 8.60. The number of nitrogens with zero attached hydrogens (tertiary/aromatic N) is 3. The Balaban J connectivity index is 2.02. The first-order valence-electron chi connectivity index (χ1n) is 7.16. The Kier molecular flexibility index (Phi) is 3.53. The van der Waals surface area contributed by atoms with Crippen LogP contribution < -0.4 is 0 Å². The molecule has 2 heterocycles. The third-order valence-electron chi connectivity index (χ3n) is 4.57. The van der Waals surface area contributed by atoms with Crippen LogP contribution in [0.1, 0.15) is 32.1 Å². The van der Waals surface area contributed by atoms with Gasteiger partial charge >= 0.3 is 5.97 Å². The molecule has 0 aromatic carbocycles. The van der Waals surface area contributed by atoms with Gasteiger partial charge in [-0.25, -0.2) is 8.42 Å². The number of sulfonamides is 1. The van der Waals surface area contributed by atoms with Crippen LogP contribution in [-0.2, 0) is 21.9 Å². The Morgan fingerprint density at radius 3 is 2.71 bits per heavy atom. The summed E-state index contributed by atoms with van der Waals surface area (Å²) in [6.07, 6.45) is 6.77. The number of rotatable bonds is 3. The number of aryl methyl sites for hydroxylation is 1. The highest BCUT2D eigenvalue weighted by molar-refractivity contribution is 7.89. The topological polar surface area (TPSA) is 92.5 Å². The highest BCUT2D eigenvalue weighted by Crippen LogP contribution is 2.42. The maximum Gasteiger partial charge on any atom is 0.322 e. The third-order valence-corrected chi connectivity index (χ3v) is 6.46. The van der Waals surface area contributed by atoms with Crippen molar-refractivity contribution >= 4 is 16.0 Å². The lowest BCUT2D eigenvalue weighted by Crippen LogP contribution is -2.46. The number of carboxylic acid groups (broad SMARTS) is 1.